The average molecular weight is 489 g/mol. The molecule has 2 N–H and O–H groups in total. The Labute approximate surface area is 194 Å². The fourth-order valence-electron chi connectivity index (χ4n) is 3.00. The third-order valence-electron chi connectivity index (χ3n) is 4.70. The Bertz CT molecular complexity index is 1360. The molecule has 0 bridgehead atoms. The van der Waals surface area contributed by atoms with Gasteiger partial charge >= 0.3 is 0 Å². The average Bonchev–Trinajstić information content (AvgIpc) is 3.26. The van der Waals surface area contributed by atoms with E-state index in [0.29, 0.717) is 22.2 Å². The standard InChI is InChI=1S/C21H17ClN4O6S/c1-13(14-2-9-19-20(10-14)32-12-31-19)23-24-18-8-7-17(26(27)28)11-21(18)33(29,30)25-16-5-3-15(22)4-6-16/h2-11,24-25H,12H2,1H3. The first kappa shape index (κ1) is 22.4. The summed E-state index contributed by atoms with van der Waals surface area (Å²) < 4.78 is 39.1. The van der Waals surface area contributed by atoms with Gasteiger partial charge in [-0.1, -0.05) is 11.6 Å². The molecule has 0 saturated heterocycles. The van der Waals surface area contributed by atoms with E-state index >= 15 is 0 Å². The normalized spacial score (nSPS) is 13.0. The largest absolute Gasteiger partial charge is 0.454 e. The van der Waals surface area contributed by atoms with Gasteiger partial charge in [-0.2, -0.15) is 5.10 Å². The van der Waals surface area contributed by atoms with Gasteiger partial charge in [0.05, 0.1) is 16.3 Å². The molecule has 0 amide bonds. The van der Waals surface area contributed by atoms with Crippen LogP contribution >= 0.6 is 11.6 Å². The van der Waals surface area contributed by atoms with Gasteiger partial charge in [-0.3, -0.25) is 20.3 Å². The van der Waals surface area contributed by atoms with E-state index < -0.39 is 14.9 Å². The maximum absolute atomic E-state index is 13.0. The van der Waals surface area contributed by atoms with Crippen molar-refractivity contribution < 1.29 is 22.8 Å². The Hall–Kier alpha value is -3.83. The van der Waals surface area contributed by atoms with Crippen LogP contribution in [0.4, 0.5) is 17.1 Å². The molecule has 0 radical (unpaired) electrons. The Morgan fingerprint density at radius 1 is 1.06 bits per heavy atom. The molecule has 3 aromatic carbocycles. The maximum atomic E-state index is 13.0. The minimum Gasteiger partial charge on any atom is -0.454 e. The molecule has 170 valence electrons. The number of rotatable bonds is 7. The second-order valence-electron chi connectivity index (χ2n) is 6.93. The first-order valence-electron chi connectivity index (χ1n) is 9.50. The van der Waals surface area contributed by atoms with Crippen molar-refractivity contribution in [2.45, 2.75) is 11.8 Å². The number of hydrogen-bond donors (Lipinski definition) is 2. The minimum atomic E-state index is -4.20. The van der Waals surface area contributed by atoms with Crippen LogP contribution in [0.25, 0.3) is 0 Å². The van der Waals surface area contributed by atoms with E-state index in [1.165, 1.54) is 36.4 Å². The molecular weight excluding hydrogens is 472 g/mol. The number of hydrazone groups is 1. The number of hydrogen-bond acceptors (Lipinski definition) is 8. The second-order valence-corrected chi connectivity index (χ2v) is 9.01. The molecule has 0 atom stereocenters. The van der Waals surface area contributed by atoms with Gasteiger partial charge in [0.2, 0.25) is 6.79 Å². The fourth-order valence-corrected chi connectivity index (χ4v) is 4.36. The van der Waals surface area contributed by atoms with Gasteiger partial charge in [0.25, 0.3) is 15.7 Å². The number of nitro groups is 1. The summed E-state index contributed by atoms with van der Waals surface area (Å²) in [5, 5.41) is 15.9. The number of nitrogens with one attached hydrogen (secondary N) is 2. The molecule has 1 heterocycles. The molecule has 1 aliphatic heterocycles. The van der Waals surface area contributed by atoms with Crippen molar-refractivity contribution in [1.29, 1.82) is 0 Å². The Balaban J connectivity index is 1.65. The van der Waals surface area contributed by atoms with Crippen LogP contribution in [0.1, 0.15) is 12.5 Å². The number of fused-ring (bicyclic) bond motifs is 1. The van der Waals surface area contributed by atoms with Crippen LogP contribution in [-0.4, -0.2) is 25.8 Å². The molecule has 3 aromatic rings. The van der Waals surface area contributed by atoms with Crippen LogP contribution in [0.5, 0.6) is 11.5 Å². The summed E-state index contributed by atoms with van der Waals surface area (Å²) in [6.45, 7) is 1.86. The molecule has 33 heavy (non-hydrogen) atoms. The third-order valence-corrected chi connectivity index (χ3v) is 6.37. The van der Waals surface area contributed by atoms with E-state index in [4.69, 9.17) is 21.1 Å². The van der Waals surface area contributed by atoms with Crippen molar-refractivity contribution in [3.05, 3.63) is 81.4 Å². The molecule has 0 spiro atoms. The third kappa shape index (κ3) is 4.99. The van der Waals surface area contributed by atoms with Crippen LogP contribution in [0, 0.1) is 10.1 Å². The number of halogens is 1. The molecule has 0 fully saturated rings. The summed E-state index contributed by atoms with van der Waals surface area (Å²) in [5.74, 6) is 1.20. The van der Waals surface area contributed by atoms with E-state index in [2.05, 4.69) is 15.2 Å². The van der Waals surface area contributed by atoms with Gasteiger partial charge in [-0.15, -0.1) is 0 Å². The number of non-ortho nitro benzene ring substituents is 1. The van der Waals surface area contributed by atoms with Gasteiger partial charge in [-0.25, -0.2) is 8.42 Å². The number of anilines is 2. The molecule has 4 rings (SSSR count). The lowest BCUT2D eigenvalue weighted by Crippen LogP contribution is -2.15. The summed E-state index contributed by atoms with van der Waals surface area (Å²) in [5.41, 5.74) is 3.87. The highest BCUT2D eigenvalue weighted by Gasteiger charge is 2.23. The van der Waals surface area contributed by atoms with Gasteiger partial charge in [0.1, 0.15) is 4.90 Å². The summed E-state index contributed by atoms with van der Waals surface area (Å²) in [6, 6.07) is 14.7. The minimum absolute atomic E-state index is 0.0576. The Morgan fingerprint density at radius 3 is 2.52 bits per heavy atom. The first-order valence-corrected chi connectivity index (χ1v) is 11.4. The summed E-state index contributed by atoms with van der Waals surface area (Å²) in [7, 11) is -4.20. The Morgan fingerprint density at radius 2 is 1.79 bits per heavy atom. The first-order chi connectivity index (χ1) is 15.7. The lowest BCUT2D eigenvalue weighted by atomic mass is 10.1. The molecule has 0 aromatic heterocycles. The second kappa shape index (κ2) is 8.96. The van der Waals surface area contributed by atoms with Crippen molar-refractivity contribution in [2.24, 2.45) is 5.10 Å². The molecule has 0 saturated carbocycles. The smallest absolute Gasteiger partial charge is 0.270 e. The van der Waals surface area contributed by atoms with Crippen LogP contribution in [0.15, 0.2) is 70.7 Å². The van der Waals surface area contributed by atoms with E-state index in [9.17, 15) is 18.5 Å². The van der Waals surface area contributed by atoms with Gasteiger partial charge < -0.3 is 9.47 Å². The van der Waals surface area contributed by atoms with Crippen molar-refractivity contribution >= 4 is 44.4 Å². The van der Waals surface area contributed by atoms with Crippen LogP contribution in [0.2, 0.25) is 5.02 Å². The summed E-state index contributed by atoms with van der Waals surface area (Å²) in [4.78, 5) is 10.2. The zero-order valence-corrected chi connectivity index (χ0v) is 18.7. The zero-order valence-electron chi connectivity index (χ0n) is 17.1. The summed E-state index contributed by atoms with van der Waals surface area (Å²) in [6.07, 6.45) is 0. The van der Waals surface area contributed by atoms with Crippen molar-refractivity contribution in [3.8, 4) is 11.5 Å². The van der Waals surface area contributed by atoms with Gasteiger partial charge in [-0.05, 0) is 55.5 Å². The van der Waals surface area contributed by atoms with Gasteiger partial charge in [0.15, 0.2) is 11.5 Å². The predicted octanol–water partition coefficient (Wildman–Crippen LogP) is 4.61. The van der Waals surface area contributed by atoms with Gasteiger partial charge in [0, 0.05) is 28.4 Å². The van der Waals surface area contributed by atoms with Crippen LogP contribution in [0.3, 0.4) is 0 Å². The molecule has 1 aliphatic rings. The van der Waals surface area contributed by atoms with Crippen molar-refractivity contribution in [2.75, 3.05) is 16.9 Å². The van der Waals surface area contributed by atoms with E-state index in [1.54, 1.807) is 25.1 Å². The maximum Gasteiger partial charge on any atom is 0.270 e. The highest BCUT2D eigenvalue weighted by Crippen LogP contribution is 2.33. The molecule has 0 aliphatic carbocycles. The van der Waals surface area contributed by atoms with Crippen LogP contribution in [-0.2, 0) is 10.0 Å². The van der Waals surface area contributed by atoms with E-state index in [0.717, 1.165) is 11.6 Å². The Kier molecular flexibility index (Phi) is 6.07. The lowest BCUT2D eigenvalue weighted by Gasteiger charge is -2.13. The van der Waals surface area contributed by atoms with E-state index in [1.807, 2.05) is 0 Å². The number of benzene rings is 3. The fraction of sp³-hybridized carbons (Fsp3) is 0.0952. The topological polar surface area (TPSA) is 132 Å². The highest BCUT2D eigenvalue weighted by molar-refractivity contribution is 7.92. The van der Waals surface area contributed by atoms with Crippen LogP contribution < -0.4 is 19.6 Å². The predicted molar refractivity (Wildman–Crippen MR) is 124 cm³/mol. The molecule has 10 nitrogen and oxygen atoms in total. The highest BCUT2D eigenvalue weighted by atomic mass is 35.5. The number of ether oxygens (including phenoxy) is 2. The number of sulfonamides is 1. The van der Waals surface area contributed by atoms with E-state index in [-0.39, 0.29) is 28.8 Å². The van der Waals surface area contributed by atoms with Crippen molar-refractivity contribution in [3.63, 3.8) is 0 Å². The molecule has 12 heteroatoms. The van der Waals surface area contributed by atoms with Crippen molar-refractivity contribution in [1.82, 2.24) is 0 Å². The SMILES string of the molecule is CC(=NNc1ccc([N+](=O)[O-])cc1S(=O)(=O)Nc1ccc(Cl)cc1)c1ccc2c(c1)OCO2. The monoisotopic (exact) mass is 488 g/mol. The number of nitro benzene ring substituents is 1. The zero-order chi connectivity index (χ0) is 23.6. The lowest BCUT2D eigenvalue weighted by molar-refractivity contribution is -0.385. The molecule has 0 unspecified atom stereocenters. The molecular formula is C21H17ClN4O6S. The summed E-state index contributed by atoms with van der Waals surface area (Å²) >= 11 is 5.84. The number of nitrogens with zero attached hydrogens (tertiary/aromatic N) is 2. The quantitative estimate of drug-likeness (QED) is 0.282.